The molecule has 0 aliphatic heterocycles. The Bertz CT molecular complexity index is 602. The average molecular weight is 390 g/mol. The highest BCUT2D eigenvalue weighted by Crippen LogP contribution is 2.13. The molecule has 0 saturated carbocycles. The van der Waals surface area contributed by atoms with Crippen LogP contribution in [-0.2, 0) is 42.9 Å². The molecular formula is C11H22N2O9S2. The number of ether oxygens (including phenoxy) is 1. The van der Waals surface area contributed by atoms with Crippen LogP contribution in [-0.4, -0.2) is 66.8 Å². The number of carbonyl (C=O) groups is 2. The first-order valence-corrected chi connectivity index (χ1v) is 10.2. The number of nitrogens with one attached hydrogen (secondary N) is 2. The lowest BCUT2D eigenvalue weighted by Gasteiger charge is -2.35. The van der Waals surface area contributed by atoms with Gasteiger partial charge in [0.05, 0.1) is 19.6 Å². The molecule has 0 rings (SSSR count). The van der Waals surface area contributed by atoms with Crippen molar-refractivity contribution < 1.29 is 39.5 Å². The van der Waals surface area contributed by atoms with Crippen LogP contribution in [0.4, 0.5) is 0 Å². The summed E-state index contributed by atoms with van der Waals surface area (Å²) in [6.45, 7) is 2.54. The molecule has 142 valence electrons. The molecule has 0 aromatic heterocycles. The smallest absolute Gasteiger partial charge is 0.341 e. The monoisotopic (exact) mass is 390 g/mol. The minimum atomic E-state index is -3.86. The third kappa shape index (κ3) is 8.65. The van der Waals surface area contributed by atoms with Crippen molar-refractivity contribution in [3.8, 4) is 0 Å². The molecule has 0 aromatic rings. The minimum absolute atomic E-state index is 0.358. The van der Waals surface area contributed by atoms with E-state index in [-0.39, 0.29) is 0 Å². The molecule has 2 atom stereocenters. The first kappa shape index (κ1) is 22.9. The zero-order valence-corrected chi connectivity index (χ0v) is 15.6. The molecule has 2 unspecified atom stereocenters. The summed E-state index contributed by atoms with van der Waals surface area (Å²) in [5.74, 6) is -0.998. The van der Waals surface area contributed by atoms with E-state index >= 15 is 0 Å². The number of esters is 1. The van der Waals surface area contributed by atoms with Gasteiger partial charge in [0.25, 0.3) is 20.2 Å². The second-order valence-electron chi connectivity index (χ2n) is 4.94. The fourth-order valence-corrected chi connectivity index (χ4v) is 3.07. The number of rotatable bonds is 11. The second kappa shape index (κ2) is 8.82. The maximum atomic E-state index is 12.1. The standard InChI is InChI=1S/C11H22N2O9S2/c1-8(21-23(4,16)17)12-11(6-7-14,10(15)20-3)13-9(2)22-24(5,18)19/h7-9,12-13H,6H2,1-5H3. The van der Waals surface area contributed by atoms with Crippen LogP contribution in [0, 0.1) is 0 Å². The van der Waals surface area contributed by atoms with Crippen LogP contribution >= 0.6 is 0 Å². The van der Waals surface area contributed by atoms with Crippen molar-refractivity contribution in [1.82, 2.24) is 10.6 Å². The van der Waals surface area contributed by atoms with Gasteiger partial charge in [-0.05, 0) is 13.8 Å². The van der Waals surface area contributed by atoms with Crippen LogP contribution in [0.15, 0.2) is 0 Å². The summed E-state index contributed by atoms with van der Waals surface area (Å²) < 4.78 is 58.6. The van der Waals surface area contributed by atoms with Crippen LogP contribution in [0.25, 0.3) is 0 Å². The van der Waals surface area contributed by atoms with E-state index in [9.17, 15) is 26.4 Å². The summed E-state index contributed by atoms with van der Waals surface area (Å²) >= 11 is 0. The van der Waals surface area contributed by atoms with Crippen molar-refractivity contribution in [1.29, 1.82) is 0 Å². The van der Waals surface area contributed by atoms with Crippen molar-refractivity contribution in [2.75, 3.05) is 19.6 Å². The molecular weight excluding hydrogens is 368 g/mol. The van der Waals surface area contributed by atoms with Crippen molar-refractivity contribution in [2.45, 2.75) is 38.4 Å². The predicted octanol–water partition coefficient (Wildman–Crippen LogP) is -1.73. The summed E-state index contributed by atoms with van der Waals surface area (Å²) in [5.41, 5.74) is -1.97. The van der Waals surface area contributed by atoms with Gasteiger partial charge in [0, 0.05) is 6.42 Å². The average Bonchev–Trinajstić information content (AvgIpc) is 2.32. The summed E-state index contributed by atoms with van der Waals surface area (Å²) in [4.78, 5) is 23.1. The zero-order chi connectivity index (χ0) is 19.2. The first-order chi connectivity index (χ1) is 10.7. The highest BCUT2D eigenvalue weighted by molar-refractivity contribution is 7.86. The van der Waals surface area contributed by atoms with Crippen LogP contribution in [0.2, 0.25) is 0 Å². The lowest BCUT2D eigenvalue weighted by molar-refractivity contribution is -0.154. The van der Waals surface area contributed by atoms with Crippen LogP contribution < -0.4 is 10.6 Å². The molecule has 0 fully saturated rings. The highest BCUT2D eigenvalue weighted by atomic mass is 32.2. The molecule has 0 aliphatic rings. The van der Waals surface area contributed by atoms with Gasteiger partial charge in [0.2, 0.25) is 0 Å². The fraction of sp³-hybridized carbons (Fsp3) is 0.818. The van der Waals surface area contributed by atoms with Crippen LogP contribution in [0.3, 0.4) is 0 Å². The van der Waals surface area contributed by atoms with E-state index < -0.39 is 50.7 Å². The SMILES string of the molecule is COC(=O)C(CC=O)(NC(C)OS(C)(=O)=O)NC(C)OS(C)(=O)=O. The van der Waals surface area contributed by atoms with Gasteiger partial charge in [-0.25, -0.2) is 4.79 Å². The Labute approximate surface area is 141 Å². The third-order valence-electron chi connectivity index (χ3n) is 2.46. The third-order valence-corrected chi connectivity index (χ3v) is 3.74. The van der Waals surface area contributed by atoms with Crippen molar-refractivity contribution >= 4 is 32.5 Å². The van der Waals surface area contributed by atoms with Gasteiger partial charge in [-0.2, -0.15) is 16.8 Å². The normalized spacial score (nSPS) is 17.5. The maximum absolute atomic E-state index is 12.1. The number of hydrogen-bond donors (Lipinski definition) is 2. The van der Waals surface area contributed by atoms with E-state index in [4.69, 9.17) is 0 Å². The van der Waals surface area contributed by atoms with E-state index in [0.29, 0.717) is 6.29 Å². The minimum Gasteiger partial charge on any atom is -0.467 e. The van der Waals surface area contributed by atoms with E-state index in [1.165, 1.54) is 13.8 Å². The summed E-state index contributed by atoms with van der Waals surface area (Å²) in [7, 11) is -6.68. The van der Waals surface area contributed by atoms with Crippen molar-refractivity contribution in [2.24, 2.45) is 0 Å². The fourth-order valence-electron chi connectivity index (χ4n) is 1.93. The van der Waals surface area contributed by atoms with Crippen LogP contribution in [0.5, 0.6) is 0 Å². The van der Waals surface area contributed by atoms with E-state index in [2.05, 4.69) is 23.7 Å². The van der Waals surface area contributed by atoms with Gasteiger partial charge in [0.1, 0.15) is 18.7 Å². The Balaban J connectivity index is 5.55. The van der Waals surface area contributed by atoms with Gasteiger partial charge in [-0.1, -0.05) is 0 Å². The van der Waals surface area contributed by atoms with Gasteiger partial charge in [0.15, 0.2) is 5.66 Å². The first-order valence-electron chi connectivity index (χ1n) is 6.58. The molecule has 0 bridgehead atoms. The van der Waals surface area contributed by atoms with Gasteiger partial charge < -0.3 is 9.53 Å². The molecule has 0 aromatic carbocycles. The number of aldehydes is 1. The molecule has 0 saturated heterocycles. The lowest BCUT2D eigenvalue weighted by Crippen LogP contribution is -2.68. The Morgan fingerprint density at radius 3 is 1.67 bits per heavy atom. The molecule has 0 spiro atoms. The summed E-state index contributed by atoms with van der Waals surface area (Å²) in [5, 5.41) is 4.92. The molecule has 0 amide bonds. The Hall–Kier alpha value is -1.12. The van der Waals surface area contributed by atoms with Crippen molar-refractivity contribution in [3.63, 3.8) is 0 Å². The topological polar surface area (TPSA) is 154 Å². The Morgan fingerprint density at radius 2 is 1.42 bits per heavy atom. The van der Waals surface area contributed by atoms with Crippen LogP contribution in [0.1, 0.15) is 20.3 Å². The van der Waals surface area contributed by atoms with E-state index in [1.807, 2.05) is 0 Å². The van der Waals surface area contributed by atoms with Gasteiger partial charge in [-0.3, -0.25) is 19.0 Å². The van der Waals surface area contributed by atoms with Gasteiger partial charge >= 0.3 is 5.97 Å². The zero-order valence-electron chi connectivity index (χ0n) is 13.9. The molecule has 24 heavy (non-hydrogen) atoms. The summed E-state index contributed by atoms with van der Waals surface area (Å²) in [6.07, 6.45) is -1.04. The molecule has 11 nitrogen and oxygen atoms in total. The second-order valence-corrected chi connectivity index (χ2v) is 8.14. The van der Waals surface area contributed by atoms with E-state index in [1.54, 1.807) is 0 Å². The number of hydrogen-bond acceptors (Lipinski definition) is 11. The quantitative estimate of drug-likeness (QED) is 0.179. The number of methoxy groups -OCH3 is 1. The molecule has 0 aliphatic carbocycles. The molecule has 0 radical (unpaired) electrons. The summed E-state index contributed by atoms with van der Waals surface area (Å²) in [6, 6.07) is 0. The van der Waals surface area contributed by atoms with Gasteiger partial charge in [-0.15, -0.1) is 0 Å². The molecule has 0 heterocycles. The highest BCUT2D eigenvalue weighted by Gasteiger charge is 2.42. The lowest BCUT2D eigenvalue weighted by atomic mass is 10.1. The molecule has 2 N–H and O–H groups in total. The van der Waals surface area contributed by atoms with E-state index in [0.717, 1.165) is 19.6 Å². The van der Waals surface area contributed by atoms with Crippen molar-refractivity contribution in [3.05, 3.63) is 0 Å². The number of carbonyl (C=O) groups excluding carboxylic acids is 2. The maximum Gasteiger partial charge on any atom is 0.341 e. The Morgan fingerprint density at radius 1 is 1.04 bits per heavy atom. The predicted molar refractivity (Wildman–Crippen MR) is 82.5 cm³/mol. The Kier molecular flexibility index (Phi) is 8.41. The largest absolute Gasteiger partial charge is 0.467 e. The molecule has 13 heteroatoms.